The molecule has 0 radical (unpaired) electrons. The molecule has 26 heavy (non-hydrogen) atoms. The molecule has 140 valence electrons. The fourth-order valence-corrected chi connectivity index (χ4v) is 5.57. The van der Waals surface area contributed by atoms with Gasteiger partial charge in [-0.15, -0.1) is 0 Å². The lowest BCUT2D eigenvalue weighted by molar-refractivity contribution is -0.157. The second-order valence-electron chi connectivity index (χ2n) is 7.97. The summed E-state index contributed by atoms with van der Waals surface area (Å²) in [6, 6.07) is 6.66. The number of esters is 1. The summed E-state index contributed by atoms with van der Waals surface area (Å²) in [6.07, 6.45) is 2.95. The van der Waals surface area contributed by atoms with Gasteiger partial charge in [-0.05, 0) is 69.0 Å². The van der Waals surface area contributed by atoms with Crippen LogP contribution >= 0.6 is 0 Å². The van der Waals surface area contributed by atoms with E-state index in [1.165, 1.54) is 11.1 Å². The summed E-state index contributed by atoms with van der Waals surface area (Å²) in [4.78, 5) is 27.7. The lowest BCUT2D eigenvalue weighted by Gasteiger charge is -2.58. The summed E-state index contributed by atoms with van der Waals surface area (Å²) < 4.78 is 10.7. The average Bonchev–Trinajstić information content (AvgIpc) is 2.64. The van der Waals surface area contributed by atoms with Crippen molar-refractivity contribution in [1.29, 1.82) is 0 Å². The molecule has 5 heteroatoms. The van der Waals surface area contributed by atoms with Crippen molar-refractivity contribution in [1.82, 2.24) is 4.90 Å². The predicted molar refractivity (Wildman–Crippen MR) is 97.3 cm³/mol. The number of carbonyl (C=O) groups excluding carboxylic acids is 2. The highest BCUT2D eigenvalue weighted by Crippen LogP contribution is 2.56. The molecule has 1 saturated heterocycles. The van der Waals surface area contributed by atoms with Crippen LogP contribution in [0.15, 0.2) is 18.2 Å². The number of Topliss-reactive ketones (excluding diaryl/α,β-unsaturated/α-hetero) is 1. The van der Waals surface area contributed by atoms with Gasteiger partial charge >= 0.3 is 5.97 Å². The summed E-state index contributed by atoms with van der Waals surface area (Å²) in [5.41, 5.74) is 2.42. The number of rotatable bonds is 3. The molecule has 0 N–H and O–H groups in total. The summed E-state index contributed by atoms with van der Waals surface area (Å²) in [5.74, 6) is 0.236. The lowest BCUT2D eigenvalue weighted by Crippen LogP contribution is -2.62. The largest absolute Gasteiger partial charge is 0.497 e. The van der Waals surface area contributed by atoms with E-state index in [1.807, 2.05) is 6.07 Å². The van der Waals surface area contributed by atoms with Gasteiger partial charge in [0.25, 0.3) is 0 Å². The zero-order valence-corrected chi connectivity index (χ0v) is 15.8. The number of nitrogens with zero attached hydrogens (tertiary/aromatic N) is 1. The smallest absolute Gasteiger partial charge is 0.316 e. The van der Waals surface area contributed by atoms with Crippen molar-refractivity contribution in [2.75, 3.05) is 27.3 Å². The quantitative estimate of drug-likeness (QED) is 0.614. The van der Waals surface area contributed by atoms with Crippen LogP contribution in [0, 0.1) is 11.8 Å². The molecule has 4 atom stereocenters. The molecule has 5 nitrogen and oxygen atoms in total. The van der Waals surface area contributed by atoms with Gasteiger partial charge in [-0.25, -0.2) is 0 Å². The van der Waals surface area contributed by atoms with Gasteiger partial charge < -0.3 is 14.4 Å². The Bertz CT molecular complexity index is 746. The molecule has 1 heterocycles. The van der Waals surface area contributed by atoms with E-state index >= 15 is 0 Å². The van der Waals surface area contributed by atoms with Crippen molar-refractivity contribution >= 4 is 11.8 Å². The van der Waals surface area contributed by atoms with Crippen molar-refractivity contribution in [2.24, 2.45) is 11.8 Å². The number of methoxy groups -OCH3 is 1. The van der Waals surface area contributed by atoms with Crippen LogP contribution in [0.1, 0.15) is 37.3 Å². The average molecular weight is 357 g/mol. The molecular weight excluding hydrogens is 330 g/mol. The van der Waals surface area contributed by atoms with Crippen molar-refractivity contribution in [3.05, 3.63) is 29.3 Å². The van der Waals surface area contributed by atoms with E-state index < -0.39 is 5.92 Å². The molecule has 1 aromatic carbocycles. The molecule has 3 unspecified atom stereocenters. The monoisotopic (exact) mass is 357 g/mol. The predicted octanol–water partition coefficient (Wildman–Crippen LogP) is 2.35. The molecule has 2 bridgehead atoms. The Morgan fingerprint density at radius 2 is 2.19 bits per heavy atom. The van der Waals surface area contributed by atoms with Gasteiger partial charge in [0, 0.05) is 17.9 Å². The van der Waals surface area contributed by atoms with Crippen LogP contribution < -0.4 is 4.74 Å². The highest BCUT2D eigenvalue weighted by Gasteiger charge is 2.58. The second-order valence-corrected chi connectivity index (χ2v) is 7.97. The maximum absolute atomic E-state index is 13.0. The first-order chi connectivity index (χ1) is 12.5. The van der Waals surface area contributed by atoms with Crippen LogP contribution in [0.2, 0.25) is 0 Å². The number of benzene rings is 1. The summed E-state index contributed by atoms with van der Waals surface area (Å²) >= 11 is 0. The molecule has 1 aliphatic heterocycles. The number of ether oxygens (including phenoxy) is 2. The highest BCUT2D eigenvalue weighted by atomic mass is 16.5. The maximum atomic E-state index is 13.0. The molecule has 0 spiro atoms. The lowest BCUT2D eigenvalue weighted by atomic mass is 9.50. The van der Waals surface area contributed by atoms with Crippen LogP contribution in [0.5, 0.6) is 5.75 Å². The third kappa shape index (κ3) is 2.48. The van der Waals surface area contributed by atoms with E-state index in [0.29, 0.717) is 31.4 Å². The maximum Gasteiger partial charge on any atom is 0.316 e. The van der Waals surface area contributed by atoms with Crippen molar-refractivity contribution in [3.63, 3.8) is 0 Å². The van der Waals surface area contributed by atoms with Crippen molar-refractivity contribution in [2.45, 2.75) is 44.1 Å². The van der Waals surface area contributed by atoms with Gasteiger partial charge in [-0.2, -0.15) is 0 Å². The number of piperidine rings is 1. The number of likely N-dealkylation sites (N-methyl/N-ethyl adjacent to an activating group) is 1. The molecule has 1 aromatic rings. The number of hydrogen-bond acceptors (Lipinski definition) is 5. The van der Waals surface area contributed by atoms with Crippen molar-refractivity contribution in [3.8, 4) is 5.75 Å². The minimum absolute atomic E-state index is 0.0404. The molecule has 4 rings (SSSR count). The molecular formula is C21H27NO4. The Labute approximate surface area is 154 Å². The zero-order valence-electron chi connectivity index (χ0n) is 15.8. The van der Waals surface area contributed by atoms with Crippen LogP contribution in [0.25, 0.3) is 0 Å². The minimum atomic E-state index is -0.603. The Morgan fingerprint density at radius 1 is 1.38 bits per heavy atom. The summed E-state index contributed by atoms with van der Waals surface area (Å²) in [7, 11) is 3.85. The Hall–Kier alpha value is -1.88. The van der Waals surface area contributed by atoms with Gasteiger partial charge in [-0.3, -0.25) is 9.59 Å². The van der Waals surface area contributed by atoms with E-state index in [2.05, 4.69) is 24.1 Å². The van der Waals surface area contributed by atoms with E-state index in [-0.39, 0.29) is 17.2 Å². The second kappa shape index (κ2) is 6.38. The highest BCUT2D eigenvalue weighted by molar-refractivity contribution is 6.00. The third-order valence-electron chi connectivity index (χ3n) is 6.87. The van der Waals surface area contributed by atoms with Crippen LogP contribution in [-0.4, -0.2) is 50.0 Å². The molecule has 2 aliphatic carbocycles. The minimum Gasteiger partial charge on any atom is -0.497 e. The first-order valence-corrected chi connectivity index (χ1v) is 9.57. The number of fused-ring (bicyclic) bond motifs is 1. The van der Waals surface area contributed by atoms with Crippen LogP contribution in [0.3, 0.4) is 0 Å². The fourth-order valence-electron chi connectivity index (χ4n) is 5.57. The van der Waals surface area contributed by atoms with E-state index in [9.17, 15) is 9.59 Å². The molecule has 1 saturated carbocycles. The van der Waals surface area contributed by atoms with Crippen LogP contribution in [-0.2, 0) is 26.2 Å². The van der Waals surface area contributed by atoms with Gasteiger partial charge in [-0.1, -0.05) is 6.07 Å². The fraction of sp³-hybridized carbons (Fsp3) is 0.619. The first-order valence-electron chi connectivity index (χ1n) is 9.57. The summed E-state index contributed by atoms with van der Waals surface area (Å²) in [6.45, 7) is 3.09. The third-order valence-corrected chi connectivity index (χ3v) is 6.87. The normalized spacial score (nSPS) is 33.2. The Kier molecular flexibility index (Phi) is 4.30. The first kappa shape index (κ1) is 17.5. The number of carbonyl (C=O) groups is 2. The molecule has 0 aromatic heterocycles. The standard InChI is InChI=1S/C21H27NO4/c1-4-26-20(24)15-11-17-18-9-13-5-6-14(25-3)10-16(13)21(17,12-19(15)23)7-8-22(18)2/h5-6,10,15,17-18H,4,7-9,11-12H2,1-3H3/t15-,17?,18?,21?/m1/s1. The topological polar surface area (TPSA) is 55.8 Å². The summed E-state index contributed by atoms with van der Waals surface area (Å²) in [5, 5.41) is 0. The molecule has 0 amide bonds. The van der Waals surface area contributed by atoms with Gasteiger partial charge in [0.1, 0.15) is 17.5 Å². The van der Waals surface area contributed by atoms with E-state index in [1.54, 1.807) is 14.0 Å². The van der Waals surface area contributed by atoms with E-state index in [0.717, 1.165) is 25.1 Å². The number of likely N-dealkylation sites (tertiary alicyclic amines) is 1. The van der Waals surface area contributed by atoms with Gasteiger partial charge in [0.15, 0.2) is 0 Å². The van der Waals surface area contributed by atoms with Gasteiger partial charge in [0.05, 0.1) is 13.7 Å². The zero-order chi connectivity index (χ0) is 18.5. The Morgan fingerprint density at radius 3 is 2.92 bits per heavy atom. The molecule has 3 aliphatic rings. The number of ketones is 1. The SMILES string of the molecule is CCOC(=O)[C@@H]1CC2C3Cc4ccc(OC)cc4C2(CCN3C)CC1=O. The Balaban J connectivity index is 1.78. The number of hydrogen-bond donors (Lipinski definition) is 0. The van der Waals surface area contributed by atoms with Crippen molar-refractivity contribution < 1.29 is 19.1 Å². The van der Waals surface area contributed by atoms with Gasteiger partial charge in [0.2, 0.25) is 0 Å². The van der Waals surface area contributed by atoms with E-state index in [4.69, 9.17) is 9.47 Å². The molecule has 2 fully saturated rings. The van der Waals surface area contributed by atoms with Crippen LogP contribution in [0.4, 0.5) is 0 Å².